The van der Waals surface area contributed by atoms with E-state index in [0.29, 0.717) is 0 Å². The first-order valence-corrected chi connectivity index (χ1v) is 1.77. The molecule has 4 heteroatoms. The van der Waals surface area contributed by atoms with Gasteiger partial charge in [-0.25, -0.2) is 4.79 Å². The Labute approximate surface area is 63.5 Å². The summed E-state index contributed by atoms with van der Waals surface area (Å²) in [5.41, 5.74) is 0. The summed E-state index contributed by atoms with van der Waals surface area (Å²) in [6.45, 7) is 1.16. The van der Waals surface area contributed by atoms with Crippen LogP contribution in [0.4, 0.5) is 0 Å². The van der Waals surface area contributed by atoms with Gasteiger partial charge in [0.1, 0.15) is 0 Å². The minimum atomic E-state index is -0.792. The van der Waals surface area contributed by atoms with Crippen LogP contribution in [-0.2, 0) is 14.3 Å². The van der Waals surface area contributed by atoms with E-state index < -0.39 is 11.8 Å². The van der Waals surface area contributed by atoms with Crippen molar-refractivity contribution in [2.45, 2.75) is 6.92 Å². The Morgan fingerprint density at radius 1 is 1.38 bits per heavy atom. The van der Waals surface area contributed by atoms with Crippen molar-refractivity contribution in [2.24, 2.45) is 0 Å². The quantitative estimate of drug-likeness (QED) is 0.267. The summed E-state index contributed by atoms with van der Waals surface area (Å²) in [4.78, 5) is 19.8. The standard InChI is InChI=1S/C4H6O3.Mg/c1-3(5)4(6)7-2;/h1-2H3;/q;+2. The third-order valence-corrected chi connectivity index (χ3v) is 0.473. The zero-order valence-corrected chi connectivity index (χ0v) is 6.35. The first-order valence-electron chi connectivity index (χ1n) is 1.77. The Bertz CT molecular complexity index is 99.5. The number of hydrogen-bond acceptors (Lipinski definition) is 3. The fraction of sp³-hybridized carbons (Fsp3) is 0.500. The number of hydrogen-bond donors (Lipinski definition) is 0. The number of carbonyl (C=O) groups is 2. The molecular weight excluding hydrogens is 120 g/mol. The molecule has 0 aromatic heterocycles. The molecule has 0 fully saturated rings. The van der Waals surface area contributed by atoms with E-state index >= 15 is 0 Å². The normalized spacial score (nSPS) is 6.75. The number of Topliss-reactive ketones (excluding diaryl/α,β-unsaturated/α-hetero) is 1. The molecule has 0 atom stereocenters. The van der Waals surface area contributed by atoms with Crippen LogP contribution in [0, 0.1) is 0 Å². The first kappa shape index (κ1) is 10.8. The van der Waals surface area contributed by atoms with E-state index in [1.54, 1.807) is 0 Å². The summed E-state index contributed by atoms with van der Waals surface area (Å²) >= 11 is 0. The first-order chi connectivity index (χ1) is 3.18. The van der Waals surface area contributed by atoms with Gasteiger partial charge in [-0.2, -0.15) is 0 Å². The van der Waals surface area contributed by atoms with Crippen LogP contribution in [-0.4, -0.2) is 41.9 Å². The predicted octanol–water partition coefficient (Wildman–Crippen LogP) is -0.632. The second-order valence-corrected chi connectivity index (χ2v) is 1.05. The van der Waals surface area contributed by atoms with E-state index in [4.69, 9.17) is 0 Å². The van der Waals surface area contributed by atoms with Gasteiger partial charge < -0.3 is 4.74 Å². The molecular formula is C4H6MgO3+2. The van der Waals surface area contributed by atoms with Crippen molar-refractivity contribution >= 4 is 34.8 Å². The summed E-state index contributed by atoms with van der Waals surface area (Å²) in [7, 11) is 1.17. The summed E-state index contributed by atoms with van der Waals surface area (Å²) in [5, 5.41) is 0. The smallest absolute Gasteiger partial charge is 0.463 e. The molecule has 0 rings (SSSR count). The van der Waals surface area contributed by atoms with Crippen molar-refractivity contribution in [3.8, 4) is 0 Å². The number of esters is 1. The Morgan fingerprint density at radius 3 is 1.75 bits per heavy atom. The third kappa shape index (κ3) is 4.08. The van der Waals surface area contributed by atoms with Crippen LogP contribution < -0.4 is 0 Å². The molecule has 8 heavy (non-hydrogen) atoms. The van der Waals surface area contributed by atoms with Crippen molar-refractivity contribution in [3.63, 3.8) is 0 Å². The molecule has 0 bridgehead atoms. The molecule has 0 heterocycles. The average molecular weight is 126 g/mol. The molecule has 0 aliphatic rings. The van der Waals surface area contributed by atoms with Gasteiger partial charge in [-0.15, -0.1) is 0 Å². The van der Waals surface area contributed by atoms with Gasteiger partial charge in [0.15, 0.2) is 0 Å². The largest absolute Gasteiger partial charge is 2.00 e. The summed E-state index contributed by atoms with van der Waals surface area (Å²) in [6.07, 6.45) is 0. The van der Waals surface area contributed by atoms with E-state index in [1.807, 2.05) is 0 Å². The second-order valence-electron chi connectivity index (χ2n) is 1.05. The van der Waals surface area contributed by atoms with Crippen molar-refractivity contribution in [1.82, 2.24) is 0 Å². The molecule has 0 amide bonds. The van der Waals surface area contributed by atoms with Gasteiger partial charge in [0.05, 0.1) is 7.11 Å². The van der Waals surface area contributed by atoms with Crippen LogP contribution in [0.5, 0.6) is 0 Å². The molecule has 0 aromatic carbocycles. The molecule has 0 saturated carbocycles. The summed E-state index contributed by atoms with van der Waals surface area (Å²) in [6, 6.07) is 0. The molecule has 0 unspecified atom stereocenters. The van der Waals surface area contributed by atoms with E-state index in [9.17, 15) is 9.59 Å². The van der Waals surface area contributed by atoms with Crippen LogP contribution in [0.2, 0.25) is 0 Å². The molecule has 0 N–H and O–H groups in total. The van der Waals surface area contributed by atoms with Gasteiger partial charge >= 0.3 is 29.0 Å². The van der Waals surface area contributed by atoms with E-state index in [-0.39, 0.29) is 23.1 Å². The summed E-state index contributed by atoms with van der Waals surface area (Å²) in [5.74, 6) is -1.36. The van der Waals surface area contributed by atoms with Crippen LogP contribution in [0.15, 0.2) is 0 Å². The third-order valence-electron chi connectivity index (χ3n) is 0.473. The Kier molecular flexibility index (Phi) is 6.83. The Balaban J connectivity index is 0. The number of ketones is 1. The monoisotopic (exact) mass is 126 g/mol. The molecule has 40 valence electrons. The number of ether oxygens (including phenoxy) is 1. The van der Waals surface area contributed by atoms with Crippen molar-refractivity contribution in [3.05, 3.63) is 0 Å². The maximum absolute atomic E-state index is 9.94. The van der Waals surface area contributed by atoms with Crippen molar-refractivity contribution in [2.75, 3.05) is 7.11 Å². The number of rotatable bonds is 1. The molecule has 0 saturated heterocycles. The van der Waals surface area contributed by atoms with Crippen LogP contribution >= 0.6 is 0 Å². The van der Waals surface area contributed by atoms with Gasteiger partial charge in [-0.1, -0.05) is 0 Å². The topological polar surface area (TPSA) is 43.4 Å². The average Bonchev–Trinajstić information content (AvgIpc) is 1.65. The van der Waals surface area contributed by atoms with Gasteiger partial charge in [0.2, 0.25) is 5.78 Å². The van der Waals surface area contributed by atoms with E-state index in [0.717, 1.165) is 6.92 Å². The fourth-order valence-corrected chi connectivity index (χ4v) is 0.144. The maximum Gasteiger partial charge on any atom is 2.00 e. The van der Waals surface area contributed by atoms with Gasteiger partial charge in [-0.05, 0) is 0 Å². The van der Waals surface area contributed by atoms with Gasteiger partial charge in [0, 0.05) is 6.92 Å². The SMILES string of the molecule is COC(=O)C(C)=O.[Mg+2]. The molecule has 0 spiro atoms. The molecule has 0 radical (unpaired) electrons. The van der Waals surface area contributed by atoms with E-state index in [1.165, 1.54) is 7.11 Å². The molecule has 0 aromatic rings. The molecule has 0 aliphatic heterocycles. The Hall–Kier alpha value is -0.0938. The zero-order valence-electron chi connectivity index (χ0n) is 4.93. The van der Waals surface area contributed by atoms with Crippen LogP contribution in [0.1, 0.15) is 6.92 Å². The van der Waals surface area contributed by atoms with E-state index in [2.05, 4.69) is 4.74 Å². The van der Waals surface area contributed by atoms with Crippen molar-refractivity contribution < 1.29 is 14.3 Å². The predicted molar refractivity (Wildman–Crippen MR) is 28.5 cm³/mol. The van der Waals surface area contributed by atoms with Crippen molar-refractivity contribution in [1.29, 1.82) is 0 Å². The number of methoxy groups -OCH3 is 1. The van der Waals surface area contributed by atoms with Gasteiger partial charge in [0.25, 0.3) is 0 Å². The number of carbonyl (C=O) groups excluding carboxylic acids is 2. The van der Waals surface area contributed by atoms with Crippen LogP contribution in [0.25, 0.3) is 0 Å². The Morgan fingerprint density at radius 2 is 1.75 bits per heavy atom. The minimum absolute atomic E-state index is 0. The second kappa shape index (κ2) is 5.05. The molecule has 0 aliphatic carbocycles. The van der Waals surface area contributed by atoms with Crippen LogP contribution in [0.3, 0.4) is 0 Å². The summed E-state index contributed by atoms with van der Waals surface area (Å²) < 4.78 is 4.02. The molecule has 3 nitrogen and oxygen atoms in total. The minimum Gasteiger partial charge on any atom is -0.463 e. The van der Waals surface area contributed by atoms with Gasteiger partial charge in [-0.3, -0.25) is 4.79 Å². The fourth-order valence-electron chi connectivity index (χ4n) is 0.144. The maximum atomic E-state index is 9.94. The zero-order chi connectivity index (χ0) is 5.86.